The number of hydrogen-bond donors (Lipinski definition) is 1. The smallest absolute Gasteiger partial charge is 0.548 e. The van der Waals surface area contributed by atoms with Crippen LogP contribution in [-0.2, 0) is 27.3 Å². The number of fused-ring (bicyclic) bond motifs is 3. The summed E-state index contributed by atoms with van der Waals surface area (Å²) in [4.78, 5) is 26.8. The second-order valence-corrected chi connectivity index (χ2v) is 5.53. The van der Waals surface area contributed by atoms with E-state index in [1.54, 1.807) is 26.2 Å². The second-order valence-electron chi connectivity index (χ2n) is 5.53. The molecule has 171 valence electrons. The Kier molecular flexibility index (Phi) is 19.6. The summed E-state index contributed by atoms with van der Waals surface area (Å²) >= 11 is 0. The van der Waals surface area contributed by atoms with E-state index < -0.39 is 17.1 Å². The third-order valence-corrected chi connectivity index (χ3v) is 3.33. The van der Waals surface area contributed by atoms with Gasteiger partial charge in [0.15, 0.2) is 0 Å². The van der Waals surface area contributed by atoms with E-state index in [9.17, 15) is 9.90 Å². The first kappa shape index (κ1) is 34.6. The van der Waals surface area contributed by atoms with E-state index in [4.69, 9.17) is 21.1 Å². The summed E-state index contributed by atoms with van der Waals surface area (Å²) < 4.78 is 0. The molecule has 0 fully saturated rings. The summed E-state index contributed by atoms with van der Waals surface area (Å²) in [6.07, 6.45) is 3.60. The van der Waals surface area contributed by atoms with Crippen LogP contribution in [-0.4, -0.2) is 38.0 Å². The van der Waals surface area contributed by atoms with Crippen LogP contribution in [0.2, 0.25) is 0 Å². The Balaban J connectivity index is -0.000000186. The fourth-order valence-corrected chi connectivity index (χ4v) is 1.95. The molecule has 2 heterocycles. The number of pyridine rings is 2. The van der Waals surface area contributed by atoms with Crippen LogP contribution in [0.1, 0.15) is 13.8 Å². The second kappa shape index (κ2) is 17.0. The molecule has 0 aliphatic carbocycles. The first-order valence-electron chi connectivity index (χ1n) is 7.60. The standard InChI is InChI=1S/C12H8N2.C5H11NO2.Cu.NO3.3H2O/c1-3-9-5-6-10-4-2-8-14-12(10)11(9)13-7-1;1-3(2)4(6)5(7)8;;2-1(3)4;;;/h1-8H;3-4H,6H2,1-2H3,(H,7,8);;;3*1H2/q;;+2;-1;;;/t;4-;;;;;/m.1...../s1. The Bertz CT molecular complexity index is 839. The molecule has 1 aromatic carbocycles. The number of carboxylic acids is 1. The molecule has 0 unspecified atom stereocenters. The first-order valence-corrected chi connectivity index (χ1v) is 7.60. The minimum Gasteiger partial charge on any atom is -0.548 e. The molecule has 1 atom stereocenters. The van der Waals surface area contributed by atoms with Gasteiger partial charge >= 0.3 is 17.1 Å². The Morgan fingerprint density at radius 1 is 0.967 bits per heavy atom. The summed E-state index contributed by atoms with van der Waals surface area (Å²) in [5, 5.41) is 26.9. The predicted octanol–water partition coefficient (Wildman–Crippen LogP) is -1.31. The van der Waals surface area contributed by atoms with E-state index in [0.717, 1.165) is 21.8 Å². The summed E-state index contributed by atoms with van der Waals surface area (Å²) in [5.74, 6) is -1.22. The molecule has 3 rings (SSSR count). The minimum absolute atomic E-state index is 0. The summed E-state index contributed by atoms with van der Waals surface area (Å²) in [5.41, 5.74) is 7.05. The number of rotatable bonds is 2. The maximum Gasteiger partial charge on any atom is 2.00 e. The van der Waals surface area contributed by atoms with Crippen molar-refractivity contribution in [1.82, 2.24) is 9.97 Å². The number of nitrogens with zero attached hydrogens (tertiary/aromatic N) is 3. The predicted molar refractivity (Wildman–Crippen MR) is 107 cm³/mol. The first-order chi connectivity index (χ1) is 12.2. The molecule has 0 spiro atoms. The van der Waals surface area contributed by atoms with Crippen LogP contribution in [0.3, 0.4) is 0 Å². The van der Waals surface area contributed by atoms with E-state index in [0.29, 0.717) is 0 Å². The van der Waals surface area contributed by atoms with Crippen LogP contribution >= 0.6 is 0 Å². The van der Waals surface area contributed by atoms with E-state index in [1.165, 1.54) is 0 Å². The van der Waals surface area contributed by atoms with Gasteiger partial charge in [-0.25, -0.2) is 0 Å². The molecule has 0 bridgehead atoms. The zero-order valence-electron chi connectivity index (χ0n) is 16.1. The van der Waals surface area contributed by atoms with Gasteiger partial charge in [0.2, 0.25) is 0 Å². The quantitative estimate of drug-likeness (QED) is 0.152. The number of nitrogens with two attached hydrogens (primary N) is 1. The van der Waals surface area contributed by atoms with Gasteiger partial charge in [-0.1, -0.05) is 38.1 Å². The molecule has 3 aromatic rings. The molecular formula is C17H25CuN4O8+. The minimum atomic E-state index is -1.75. The molecule has 2 aromatic heterocycles. The number of hydrogen-bond acceptors (Lipinski definition) is 8. The largest absolute Gasteiger partial charge is 2.00 e. The molecule has 12 nitrogen and oxygen atoms in total. The van der Waals surface area contributed by atoms with Crippen molar-refractivity contribution in [2.24, 2.45) is 11.7 Å². The maximum atomic E-state index is 9.90. The van der Waals surface area contributed by atoms with Gasteiger partial charge in [0.25, 0.3) is 0 Å². The van der Waals surface area contributed by atoms with Crippen LogP contribution < -0.4 is 10.8 Å². The van der Waals surface area contributed by atoms with Gasteiger partial charge in [-0.15, -0.1) is 0 Å². The van der Waals surface area contributed by atoms with Crippen molar-refractivity contribution in [2.45, 2.75) is 19.9 Å². The van der Waals surface area contributed by atoms with Crippen molar-refractivity contribution in [2.75, 3.05) is 0 Å². The van der Waals surface area contributed by atoms with Gasteiger partial charge in [0.1, 0.15) is 0 Å². The summed E-state index contributed by atoms with van der Waals surface area (Å²) in [7, 11) is 0. The molecule has 13 heteroatoms. The van der Waals surface area contributed by atoms with E-state index in [1.807, 2.05) is 12.1 Å². The number of aliphatic carboxylic acids is 1. The number of aromatic nitrogens is 2. The fourth-order valence-electron chi connectivity index (χ4n) is 1.95. The van der Waals surface area contributed by atoms with Crippen LogP contribution in [0, 0.1) is 21.2 Å². The van der Waals surface area contributed by atoms with Crippen LogP contribution in [0.15, 0.2) is 48.8 Å². The van der Waals surface area contributed by atoms with Gasteiger partial charge < -0.3 is 47.4 Å². The van der Waals surface area contributed by atoms with Crippen molar-refractivity contribution in [3.8, 4) is 0 Å². The van der Waals surface area contributed by atoms with Crippen molar-refractivity contribution >= 4 is 27.8 Å². The fraction of sp³-hybridized carbons (Fsp3) is 0.235. The van der Waals surface area contributed by atoms with E-state index in [2.05, 4.69) is 34.2 Å². The topological polar surface area (TPSA) is 254 Å². The van der Waals surface area contributed by atoms with Crippen molar-refractivity contribution in [1.29, 1.82) is 0 Å². The SMILES string of the molecule is CC(C)[C@@H](N)C(=O)[O-].O.O.O=[N+]([O-])[O-].[Cu+2].[OH3+].c1cnc2c(c1)ccc1cccnc12. The number of carbonyl (C=O) groups excluding carboxylic acids is 1. The van der Waals surface area contributed by atoms with Crippen LogP contribution in [0.4, 0.5) is 0 Å². The van der Waals surface area contributed by atoms with Gasteiger partial charge in [-0.05, 0) is 18.1 Å². The molecule has 30 heavy (non-hydrogen) atoms. The number of carbonyl (C=O) groups is 1. The number of carboxylic acid groups (broad SMARTS) is 1. The summed E-state index contributed by atoms with van der Waals surface area (Å²) in [6, 6.07) is 11.3. The van der Waals surface area contributed by atoms with Crippen molar-refractivity contribution < 1.29 is 48.5 Å². The average molecular weight is 477 g/mol. The molecule has 9 N–H and O–H groups in total. The van der Waals surface area contributed by atoms with Gasteiger partial charge in [-0.2, -0.15) is 0 Å². The zero-order valence-corrected chi connectivity index (χ0v) is 17.1. The van der Waals surface area contributed by atoms with Gasteiger partial charge in [0.05, 0.1) is 22.1 Å². The maximum absolute atomic E-state index is 9.90. The normalized spacial score (nSPS) is 9.60. The molecule has 0 amide bonds. The average Bonchev–Trinajstić information content (AvgIpc) is 2.61. The van der Waals surface area contributed by atoms with Gasteiger partial charge in [-0.3, -0.25) is 9.97 Å². The monoisotopic (exact) mass is 476 g/mol. The Hall–Kier alpha value is -2.93. The van der Waals surface area contributed by atoms with Crippen LogP contribution in [0.5, 0.6) is 0 Å². The molecule has 1 radical (unpaired) electrons. The van der Waals surface area contributed by atoms with E-state index >= 15 is 0 Å². The third-order valence-electron chi connectivity index (χ3n) is 3.33. The van der Waals surface area contributed by atoms with Gasteiger partial charge in [0, 0.05) is 29.2 Å². The molecule has 0 aliphatic rings. The van der Waals surface area contributed by atoms with Crippen LogP contribution in [0.25, 0.3) is 21.8 Å². The van der Waals surface area contributed by atoms with Crippen molar-refractivity contribution in [3.05, 3.63) is 64.1 Å². The molecule has 0 saturated heterocycles. The zero-order chi connectivity index (χ0) is 19.7. The Labute approximate surface area is 182 Å². The van der Waals surface area contributed by atoms with Crippen molar-refractivity contribution in [3.63, 3.8) is 0 Å². The molecular weight excluding hydrogens is 452 g/mol. The summed E-state index contributed by atoms with van der Waals surface area (Å²) in [6.45, 7) is 3.47. The Morgan fingerprint density at radius 3 is 1.53 bits per heavy atom. The third kappa shape index (κ3) is 11.2. The molecule has 0 aliphatic heterocycles. The van der Waals surface area contributed by atoms with E-state index in [-0.39, 0.29) is 39.4 Å². The number of benzene rings is 1. The molecule has 0 saturated carbocycles. The Morgan fingerprint density at radius 2 is 1.30 bits per heavy atom.